The maximum absolute atomic E-state index is 4.62. The third-order valence-corrected chi connectivity index (χ3v) is 5.84. The monoisotopic (exact) mass is 315 g/mol. The van der Waals surface area contributed by atoms with Gasteiger partial charge in [-0.05, 0) is 18.1 Å². The third-order valence-electron chi connectivity index (χ3n) is 2.51. The molecule has 1 aromatic heterocycles. The molecule has 0 radical (unpaired) electrons. The fourth-order valence-corrected chi connectivity index (χ4v) is 4.66. The van der Waals surface area contributed by atoms with E-state index in [1.54, 1.807) is 11.3 Å². The minimum absolute atomic E-state index is 0.747. The summed E-state index contributed by atoms with van der Waals surface area (Å²) in [6.45, 7) is 2.24. The van der Waals surface area contributed by atoms with E-state index in [0.717, 1.165) is 22.5 Å². The lowest BCUT2D eigenvalue weighted by molar-refractivity contribution is 0.652. The van der Waals surface area contributed by atoms with Crippen LogP contribution in [0.4, 0.5) is 0 Å². The van der Waals surface area contributed by atoms with E-state index in [-0.39, 0.29) is 0 Å². The Balaban J connectivity index is 2.04. The fourth-order valence-electron chi connectivity index (χ4n) is 1.37. The number of thioether (sulfide) groups is 1. The summed E-state index contributed by atoms with van der Waals surface area (Å²) >= 11 is 7.23. The van der Waals surface area contributed by atoms with Gasteiger partial charge in [-0.3, -0.25) is 0 Å². The topological polar surface area (TPSA) is 12.9 Å². The summed E-state index contributed by atoms with van der Waals surface area (Å²) < 4.78 is 2.48. The molecule has 0 N–H and O–H groups in total. The first kappa shape index (κ1) is 12.4. The van der Waals surface area contributed by atoms with Gasteiger partial charge in [0, 0.05) is 11.1 Å². The molecule has 0 aliphatic rings. The average molecular weight is 316 g/mol. The van der Waals surface area contributed by atoms with Crippen LogP contribution in [0.15, 0.2) is 28.6 Å². The van der Waals surface area contributed by atoms with E-state index in [4.69, 9.17) is 0 Å². The molecule has 1 heterocycles. The summed E-state index contributed by atoms with van der Waals surface area (Å²) in [6.07, 6.45) is 1.23. The van der Waals surface area contributed by atoms with E-state index in [0.29, 0.717) is 0 Å². The van der Waals surface area contributed by atoms with Gasteiger partial charge in [0.15, 0.2) is 4.34 Å². The Kier molecular flexibility index (Phi) is 4.67. The molecule has 0 aliphatic carbocycles. The van der Waals surface area contributed by atoms with Gasteiger partial charge in [-0.2, -0.15) is 0 Å². The molecular weight excluding hydrogens is 302 g/mol. The molecule has 0 fully saturated rings. The number of aromatic nitrogens is 1. The second-order valence-corrected chi connectivity index (χ2v) is 6.63. The van der Waals surface area contributed by atoms with Crippen molar-refractivity contribution in [1.82, 2.24) is 4.98 Å². The second-order valence-electron chi connectivity index (χ2n) is 3.69. The second kappa shape index (κ2) is 6.03. The molecule has 2 rings (SSSR count). The van der Waals surface area contributed by atoms with E-state index >= 15 is 0 Å². The highest BCUT2D eigenvalue weighted by Crippen LogP contribution is 2.31. The highest BCUT2D eigenvalue weighted by Gasteiger charge is 2.08. The molecule has 0 aliphatic heterocycles. The Labute approximate surface area is 113 Å². The van der Waals surface area contributed by atoms with Crippen molar-refractivity contribution in [2.75, 3.05) is 11.1 Å². The van der Waals surface area contributed by atoms with Crippen molar-refractivity contribution >= 4 is 49.2 Å². The molecule has 0 saturated carbocycles. The number of halogens is 1. The summed E-state index contributed by atoms with van der Waals surface area (Å²) in [5, 5.41) is 1.08. The quantitative estimate of drug-likeness (QED) is 0.580. The van der Waals surface area contributed by atoms with E-state index < -0.39 is 0 Å². The molecule has 2 aromatic rings. The number of alkyl halides is 1. The standard InChI is InChI=1S/C12H14BrNS2/c1-2-9(7-13)8-15-12-14-10-5-3-4-6-11(10)16-12/h3-6,9H,2,7-8H2,1H3. The molecule has 86 valence electrons. The van der Waals surface area contributed by atoms with Crippen molar-refractivity contribution in [3.8, 4) is 0 Å². The van der Waals surface area contributed by atoms with Crippen molar-refractivity contribution in [3.63, 3.8) is 0 Å². The predicted octanol–water partition coefficient (Wildman–Crippen LogP) is 4.81. The van der Waals surface area contributed by atoms with Crippen LogP contribution in [0, 0.1) is 5.92 Å². The zero-order chi connectivity index (χ0) is 11.4. The van der Waals surface area contributed by atoms with E-state index in [9.17, 15) is 0 Å². The number of thiazole rings is 1. The number of para-hydroxylation sites is 1. The van der Waals surface area contributed by atoms with Crippen molar-refractivity contribution in [1.29, 1.82) is 0 Å². The lowest BCUT2D eigenvalue weighted by atomic mass is 10.2. The van der Waals surface area contributed by atoms with Crippen LogP contribution in [0.2, 0.25) is 0 Å². The molecular formula is C12H14BrNS2. The van der Waals surface area contributed by atoms with Gasteiger partial charge in [0.05, 0.1) is 10.2 Å². The van der Waals surface area contributed by atoms with Gasteiger partial charge < -0.3 is 0 Å². The summed E-state index contributed by atoms with van der Waals surface area (Å²) in [5.74, 6) is 1.90. The average Bonchev–Trinajstić information content (AvgIpc) is 2.73. The van der Waals surface area contributed by atoms with Crippen LogP contribution in [0.1, 0.15) is 13.3 Å². The van der Waals surface area contributed by atoms with E-state index in [1.165, 1.54) is 15.5 Å². The molecule has 1 atom stereocenters. The summed E-state index contributed by atoms with van der Waals surface area (Å²) in [4.78, 5) is 4.62. The van der Waals surface area contributed by atoms with Crippen LogP contribution in [0.25, 0.3) is 10.2 Å². The zero-order valence-electron chi connectivity index (χ0n) is 9.15. The fraction of sp³-hybridized carbons (Fsp3) is 0.417. The van der Waals surface area contributed by atoms with Gasteiger partial charge in [0.1, 0.15) is 0 Å². The molecule has 0 amide bonds. The van der Waals surface area contributed by atoms with Gasteiger partial charge in [-0.1, -0.05) is 53.2 Å². The molecule has 1 aromatic carbocycles. The first-order valence-corrected chi connectivity index (χ1v) is 8.30. The summed E-state index contributed by atoms with van der Waals surface area (Å²) in [6, 6.07) is 8.34. The number of nitrogens with zero attached hydrogens (tertiary/aromatic N) is 1. The Morgan fingerprint density at radius 3 is 2.94 bits per heavy atom. The summed E-state index contributed by atoms with van der Waals surface area (Å²) in [5.41, 5.74) is 1.13. The SMILES string of the molecule is CCC(CBr)CSc1nc2ccccc2s1. The zero-order valence-corrected chi connectivity index (χ0v) is 12.4. The van der Waals surface area contributed by atoms with E-state index in [2.05, 4.69) is 46.0 Å². The van der Waals surface area contributed by atoms with Crippen LogP contribution < -0.4 is 0 Å². The molecule has 0 spiro atoms. The third kappa shape index (κ3) is 2.99. The van der Waals surface area contributed by atoms with Crippen molar-refractivity contribution in [2.45, 2.75) is 17.7 Å². The van der Waals surface area contributed by atoms with E-state index in [1.807, 2.05) is 17.8 Å². The molecule has 1 unspecified atom stereocenters. The lowest BCUT2D eigenvalue weighted by Gasteiger charge is -2.08. The number of hydrogen-bond donors (Lipinski definition) is 0. The summed E-state index contributed by atoms with van der Waals surface area (Å²) in [7, 11) is 0. The van der Waals surface area contributed by atoms with Crippen molar-refractivity contribution < 1.29 is 0 Å². The first-order chi connectivity index (χ1) is 7.83. The maximum atomic E-state index is 4.62. The Morgan fingerprint density at radius 2 is 2.25 bits per heavy atom. The minimum Gasteiger partial charge on any atom is -0.230 e. The predicted molar refractivity (Wildman–Crippen MR) is 77.9 cm³/mol. The van der Waals surface area contributed by atoms with Gasteiger partial charge in [-0.15, -0.1) is 11.3 Å². The van der Waals surface area contributed by atoms with Gasteiger partial charge in [-0.25, -0.2) is 4.98 Å². The largest absolute Gasteiger partial charge is 0.230 e. The smallest absolute Gasteiger partial charge is 0.151 e. The van der Waals surface area contributed by atoms with Gasteiger partial charge in [0.2, 0.25) is 0 Å². The molecule has 1 nitrogen and oxygen atoms in total. The number of hydrogen-bond acceptors (Lipinski definition) is 3. The number of benzene rings is 1. The van der Waals surface area contributed by atoms with Gasteiger partial charge in [0.25, 0.3) is 0 Å². The van der Waals surface area contributed by atoms with Crippen LogP contribution >= 0.6 is 39.0 Å². The van der Waals surface area contributed by atoms with Crippen LogP contribution in [-0.2, 0) is 0 Å². The van der Waals surface area contributed by atoms with Crippen LogP contribution in [-0.4, -0.2) is 16.1 Å². The minimum atomic E-state index is 0.747. The highest BCUT2D eigenvalue weighted by atomic mass is 79.9. The normalized spacial score (nSPS) is 13.1. The van der Waals surface area contributed by atoms with Gasteiger partial charge >= 0.3 is 0 Å². The Morgan fingerprint density at radius 1 is 1.44 bits per heavy atom. The Hall–Kier alpha value is -0.0600. The van der Waals surface area contributed by atoms with Crippen molar-refractivity contribution in [2.24, 2.45) is 5.92 Å². The maximum Gasteiger partial charge on any atom is 0.151 e. The molecule has 0 saturated heterocycles. The highest BCUT2D eigenvalue weighted by molar-refractivity contribution is 9.09. The molecule has 4 heteroatoms. The van der Waals surface area contributed by atoms with Crippen LogP contribution in [0.3, 0.4) is 0 Å². The molecule has 0 bridgehead atoms. The first-order valence-electron chi connectivity index (χ1n) is 5.37. The van der Waals surface area contributed by atoms with Crippen molar-refractivity contribution in [3.05, 3.63) is 24.3 Å². The molecule has 16 heavy (non-hydrogen) atoms. The van der Waals surface area contributed by atoms with Crippen LogP contribution in [0.5, 0.6) is 0 Å². The lowest BCUT2D eigenvalue weighted by Crippen LogP contribution is -2.02. The number of rotatable bonds is 5. The number of fused-ring (bicyclic) bond motifs is 1. The Bertz CT molecular complexity index is 418.